The Balaban J connectivity index is 1.21. The van der Waals surface area contributed by atoms with Crippen molar-refractivity contribution in [2.75, 3.05) is 0 Å². The number of para-hydroxylation sites is 1. The van der Waals surface area contributed by atoms with Crippen molar-refractivity contribution in [3.8, 4) is 44.7 Å². The van der Waals surface area contributed by atoms with E-state index in [0.717, 1.165) is 19.2 Å². The second kappa shape index (κ2) is 11.1. The molecule has 8 rings (SSSR count). The molecule has 0 bridgehead atoms. The van der Waals surface area contributed by atoms with Gasteiger partial charge < -0.3 is 0 Å². The third-order valence-corrected chi connectivity index (χ3v) is 15.6. The number of aromatic nitrogens is 1. The van der Waals surface area contributed by atoms with E-state index in [0.29, 0.717) is 16.5 Å². The number of rotatable bonds is 5. The SMILES string of the molecule is Cc1cc2c(=O)n(-c3ccccc3)c(=O)c3cc(-c4sc(-c5ccc(-c6ccc(-c7cc(C)c(C)s7)s6)s5)cc4C)sc3c2s1. The standard InChI is InChI=1S/C36H25NO2S6/c1-18-14-29(41-21(18)4)27-12-10-25(42-27)26-11-13-28(43-26)30-15-19(2)32(44-30)31-17-24-34(45-31)33-23(16-20(3)40-33)35(38)37(36(24)39)22-8-6-5-7-9-22/h5-17H,1-4H3. The highest BCUT2D eigenvalue weighted by atomic mass is 32.1. The number of benzene rings is 1. The summed E-state index contributed by atoms with van der Waals surface area (Å²) in [5, 5.41) is 1.18. The quantitative estimate of drug-likeness (QED) is 0.180. The molecule has 0 saturated heterocycles. The lowest BCUT2D eigenvalue weighted by molar-refractivity contribution is 0.976. The van der Waals surface area contributed by atoms with Crippen LogP contribution in [0.15, 0.2) is 88.5 Å². The van der Waals surface area contributed by atoms with Gasteiger partial charge in [-0.25, -0.2) is 4.57 Å². The summed E-state index contributed by atoms with van der Waals surface area (Å²) in [4.78, 5) is 40.1. The van der Waals surface area contributed by atoms with Crippen molar-refractivity contribution < 1.29 is 0 Å². The van der Waals surface area contributed by atoms with Crippen molar-refractivity contribution in [2.24, 2.45) is 0 Å². The average molecular weight is 696 g/mol. The summed E-state index contributed by atoms with van der Waals surface area (Å²) in [6, 6.07) is 26.7. The average Bonchev–Trinajstić information content (AvgIpc) is 3.86. The maximum absolute atomic E-state index is 14.0. The fourth-order valence-corrected chi connectivity index (χ4v) is 12.5. The van der Waals surface area contributed by atoms with E-state index < -0.39 is 0 Å². The van der Waals surface area contributed by atoms with Gasteiger partial charge in [-0.3, -0.25) is 9.59 Å². The fourth-order valence-electron chi connectivity index (χ4n) is 5.57. The van der Waals surface area contributed by atoms with E-state index in [4.69, 9.17) is 0 Å². The summed E-state index contributed by atoms with van der Waals surface area (Å²) in [5.74, 6) is 0. The molecular weight excluding hydrogens is 671 g/mol. The van der Waals surface area contributed by atoms with Crippen LogP contribution in [0.5, 0.6) is 0 Å². The predicted molar refractivity (Wildman–Crippen MR) is 201 cm³/mol. The Morgan fingerprint density at radius 1 is 0.489 bits per heavy atom. The van der Waals surface area contributed by atoms with Crippen LogP contribution in [0.1, 0.15) is 20.9 Å². The Kier molecular flexibility index (Phi) is 7.16. The van der Waals surface area contributed by atoms with Gasteiger partial charge in [0, 0.05) is 48.8 Å². The first-order chi connectivity index (χ1) is 21.7. The molecule has 0 aliphatic heterocycles. The molecule has 0 atom stereocenters. The van der Waals surface area contributed by atoms with Gasteiger partial charge in [-0.2, -0.15) is 0 Å². The summed E-state index contributed by atoms with van der Waals surface area (Å²) in [6.45, 7) is 8.53. The molecule has 0 amide bonds. The van der Waals surface area contributed by atoms with Crippen LogP contribution in [-0.4, -0.2) is 4.57 Å². The number of thiophene rings is 6. The molecule has 3 nitrogen and oxygen atoms in total. The van der Waals surface area contributed by atoms with Crippen molar-refractivity contribution in [3.05, 3.63) is 120 Å². The Hall–Kier alpha value is -3.44. The van der Waals surface area contributed by atoms with Gasteiger partial charge in [0.1, 0.15) is 0 Å². The van der Waals surface area contributed by atoms with E-state index in [9.17, 15) is 9.59 Å². The summed E-state index contributed by atoms with van der Waals surface area (Å²) in [6.07, 6.45) is 0. The summed E-state index contributed by atoms with van der Waals surface area (Å²) >= 11 is 10.5. The highest BCUT2D eigenvalue weighted by Gasteiger charge is 2.20. The van der Waals surface area contributed by atoms with E-state index in [2.05, 4.69) is 57.2 Å². The largest absolute Gasteiger partial charge is 0.268 e. The molecule has 0 radical (unpaired) electrons. The minimum Gasteiger partial charge on any atom is -0.268 e. The number of nitrogens with zero attached hydrogens (tertiary/aromatic N) is 1. The molecule has 45 heavy (non-hydrogen) atoms. The molecule has 8 aromatic rings. The molecule has 0 spiro atoms. The Morgan fingerprint density at radius 2 is 1.04 bits per heavy atom. The van der Waals surface area contributed by atoms with Crippen molar-refractivity contribution in [1.29, 1.82) is 0 Å². The summed E-state index contributed by atoms with van der Waals surface area (Å²) in [7, 11) is 0. The molecule has 0 aliphatic carbocycles. The van der Waals surface area contributed by atoms with E-state index >= 15 is 0 Å². The molecule has 1 aromatic carbocycles. The number of aryl methyl sites for hydroxylation is 4. The molecule has 0 aliphatic rings. The minimum atomic E-state index is -0.273. The first-order valence-corrected chi connectivity index (χ1v) is 19.2. The number of hydrogen-bond donors (Lipinski definition) is 0. The van der Waals surface area contributed by atoms with Gasteiger partial charge in [0.05, 0.1) is 25.9 Å². The lowest BCUT2D eigenvalue weighted by Gasteiger charge is -2.01. The van der Waals surface area contributed by atoms with Crippen LogP contribution in [0.2, 0.25) is 0 Å². The predicted octanol–water partition coefficient (Wildman–Crippen LogP) is 11.8. The van der Waals surface area contributed by atoms with Gasteiger partial charge in [0.25, 0.3) is 11.1 Å². The van der Waals surface area contributed by atoms with E-state index in [1.165, 1.54) is 54.7 Å². The topological polar surface area (TPSA) is 39.1 Å². The zero-order chi connectivity index (χ0) is 31.0. The summed E-state index contributed by atoms with van der Waals surface area (Å²) < 4.78 is 3.10. The monoisotopic (exact) mass is 695 g/mol. The minimum absolute atomic E-state index is 0.267. The van der Waals surface area contributed by atoms with Crippen LogP contribution in [0.4, 0.5) is 0 Å². The zero-order valence-electron chi connectivity index (χ0n) is 24.7. The van der Waals surface area contributed by atoms with Gasteiger partial charge in [-0.05, 0) is 99.5 Å². The van der Waals surface area contributed by atoms with Gasteiger partial charge >= 0.3 is 0 Å². The van der Waals surface area contributed by atoms with Crippen LogP contribution < -0.4 is 11.1 Å². The molecule has 9 heteroatoms. The third-order valence-electron chi connectivity index (χ3n) is 7.92. The Labute approximate surface area is 283 Å². The molecule has 7 heterocycles. The van der Waals surface area contributed by atoms with E-state index in [1.807, 2.05) is 83.4 Å². The van der Waals surface area contributed by atoms with E-state index in [-0.39, 0.29) is 11.1 Å². The number of hydrogen-bond acceptors (Lipinski definition) is 8. The molecule has 0 fully saturated rings. The van der Waals surface area contributed by atoms with Crippen LogP contribution in [0.25, 0.3) is 64.9 Å². The number of fused-ring (bicyclic) bond motifs is 3. The normalized spacial score (nSPS) is 11.7. The van der Waals surface area contributed by atoms with Crippen LogP contribution in [-0.2, 0) is 0 Å². The van der Waals surface area contributed by atoms with Crippen LogP contribution >= 0.6 is 68.0 Å². The molecule has 222 valence electrons. The van der Waals surface area contributed by atoms with Crippen molar-refractivity contribution in [3.63, 3.8) is 0 Å². The second-order valence-corrected chi connectivity index (χ2v) is 17.8. The summed E-state index contributed by atoms with van der Waals surface area (Å²) in [5.41, 5.74) is 2.59. The van der Waals surface area contributed by atoms with Crippen LogP contribution in [0, 0.1) is 27.7 Å². The van der Waals surface area contributed by atoms with Crippen molar-refractivity contribution >= 4 is 88.2 Å². The molecule has 7 aromatic heterocycles. The third kappa shape index (κ3) is 4.93. The van der Waals surface area contributed by atoms with E-state index in [1.54, 1.807) is 34.0 Å². The molecule has 0 N–H and O–H groups in total. The molecule has 0 saturated carbocycles. The first-order valence-electron chi connectivity index (χ1n) is 14.3. The van der Waals surface area contributed by atoms with Gasteiger partial charge in [0.15, 0.2) is 0 Å². The second-order valence-electron chi connectivity index (χ2n) is 11.0. The maximum atomic E-state index is 14.0. The Bertz CT molecular complexity index is 2510. The van der Waals surface area contributed by atoms with Crippen LogP contribution in [0.3, 0.4) is 0 Å². The highest BCUT2D eigenvalue weighted by Crippen LogP contribution is 2.47. The van der Waals surface area contributed by atoms with Crippen molar-refractivity contribution in [2.45, 2.75) is 27.7 Å². The Morgan fingerprint density at radius 3 is 1.67 bits per heavy atom. The zero-order valence-corrected chi connectivity index (χ0v) is 29.6. The lowest BCUT2D eigenvalue weighted by Crippen LogP contribution is -2.28. The van der Waals surface area contributed by atoms with Crippen molar-refractivity contribution in [1.82, 2.24) is 4.57 Å². The highest BCUT2D eigenvalue weighted by molar-refractivity contribution is 7.32. The first kappa shape index (κ1) is 29.0. The fraction of sp³-hybridized carbons (Fsp3) is 0.111. The molecular formula is C36H25NO2S6. The molecule has 0 unspecified atom stereocenters. The van der Waals surface area contributed by atoms with Gasteiger partial charge in [-0.1, -0.05) is 18.2 Å². The van der Waals surface area contributed by atoms with Gasteiger partial charge in [0.2, 0.25) is 0 Å². The smallest absolute Gasteiger partial charge is 0.266 e. The maximum Gasteiger partial charge on any atom is 0.266 e. The lowest BCUT2D eigenvalue weighted by atomic mass is 10.2. The van der Waals surface area contributed by atoms with Gasteiger partial charge in [-0.15, -0.1) is 68.0 Å².